The number of fused-ring (bicyclic) bond motifs is 2. The highest BCUT2D eigenvalue weighted by Gasteiger charge is 2.18. The van der Waals surface area contributed by atoms with Crippen molar-refractivity contribution in [1.29, 1.82) is 0 Å². The van der Waals surface area contributed by atoms with Gasteiger partial charge in [0.1, 0.15) is 0 Å². The number of nitrogens with zero attached hydrogens (tertiary/aromatic N) is 1. The Morgan fingerprint density at radius 2 is 1.43 bits per heavy atom. The number of aryl methyl sites for hydroxylation is 2. The van der Waals surface area contributed by atoms with Gasteiger partial charge in [0.25, 0.3) is 10.1 Å². The largest absolute Gasteiger partial charge is 0.870 e. The lowest BCUT2D eigenvalue weighted by atomic mass is 10.0. The summed E-state index contributed by atoms with van der Waals surface area (Å²) in [7, 11) is -3.92. The van der Waals surface area contributed by atoms with Crippen LogP contribution in [0.2, 0.25) is 0 Å². The maximum Gasteiger partial charge on any atom is 0.265 e. The van der Waals surface area contributed by atoms with E-state index in [1.54, 1.807) is 0 Å². The first kappa shape index (κ1) is 17.3. The van der Waals surface area contributed by atoms with Gasteiger partial charge in [-0.3, -0.25) is 4.55 Å². The quantitative estimate of drug-likeness (QED) is 0.452. The number of hydrogen-bond donors (Lipinski definition) is 1. The van der Waals surface area contributed by atoms with Crippen LogP contribution >= 0.6 is 0 Å². The summed E-state index contributed by atoms with van der Waals surface area (Å²) >= 11 is 0. The molecule has 1 aromatic heterocycles. The van der Waals surface area contributed by atoms with E-state index in [4.69, 9.17) is 4.55 Å². The molecular weight excluding hydrogens is 314 g/mol. The van der Waals surface area contributed by atoms with Crippen LogP contribution in [0.4, 0.5) is 0 Å². The highest BCUT2D eigenvalue weighted by Crippen LogP contribution is 2.23. The predicted molar refractivity (Wildman–Crippen MR) is 89.4 cm³/mol. The van der Waals surface area contributed by atoms with Crippen LogP contribution in [0.5, 0.6) is 0 Å². The van der Waals surface area contributed by atoms with Crippen molar-refractivity contribution in [2.24, 2.45) is 0 Å². The molecule has 0 amide bonds. The van der Waals surface area contributed by atoms with Gasteiger partial charge in [-0.25, -0.2) is 0 Å². The molecular formula is C17H19NO4S. The molecule has 0 aliphatic carbocycles. The molecule has 5 nitrogen and oxygen atoms in total. The first-order valence-corrected chi connectivity index (χ1v) is 8.83. The summed E-state index contributed by atoms with van der Waals surface area (Å²) < 4.78 is 33.0. The molecule has 0 fully saturated rings. The third-order valence-electron chi connectivity index (χ3n) is 3.98. The first-order chi connectivity index (χ1) is 10.5. The van der Waals surface area contributed by atoms with Crippen molar-refractivity contribution in [2.75, 3.05) is 5.75 Å². The number of aromatic nitrogens is 1. The third-order valence-corrected chi connectivity index (χ3v) is 4.79. The van der Waals surface area contributed by atoms with Gasteiger partial charge in [-0.2, -0.15) is 13.0 Å². The number of benzene rings is 2. The smallest absolute Gasteiger partial charge is 0.265 e. The van der Waals surface area contributed by atoms with Crippen LogP contribution in [0.3, 0.4) is 0 Å². The molecule has 3 aromatic rings. The Morgan fingerprint density at radius 1 is 0.957 bits per heavy atom. The maximum absolute atomic E-state index is 10.9. The molecule has 0 aliphatic rings. The van der Waals surface area contributed by atoms with E-state index in [-0.39, 0.29) is 11.2 Å². The molecule has 0 unspecified atom stereocenters. The highest BCUT2D eigenvalue weighted by molar-refractivity contribution is 7.85. The fourth-order valence-corrected chi connectivity index (χ4v) is 3.47. The minimum Gasteiger partial charge on any atom is -0.870 e. The number of pyridine rings is 1. The van der Waals surface area contributed by atoms with Crippen molar-refractivity contribution in [3.8, 4) is 0 Å². The number of hydrogen-bond acceptors (Lipinski definition) is 3. The molecule has 6 heteroatoms. The lowest BCUT2D eigenvalue weighted by Crippen LogP contribution is -2.36. The average molecular weight is 333 g/mol. The van der Waals surface area contributed by atoms with Crippen LogP contribution in [0.15, 0.2) is 48.5 Å². The van der Waals surface area contributed by atoms with Gasteiger partial charge < -0.3 is 5.48 Å². The van der Waals surface area contributed by atoms with E-state index in [1.807, 2.05) is 36.4 Å². The fourth-order valence-electron chi connectivity index (χ4n) is 2.97. The number of rotatable bonds is 4. The first-order valence-electron chi connectivity index (χ1n) is 7.22. The summed E-state index contributed by atoms with van der Waals surface area (Å²) in [4.78, 5) is 0. The average Bonchev–Trinajstić information content (AvgIpc) is 2.49. The molecule has 0 aliphatic heterocycles. The van der Waals surface area contributed by atoms with Crippen molar-refractivity contribution < 1.29 is 23.0 Å². The molecule has 3 rings (SSSR count). The van der Waals surface area contributed by atoms with E-state index in [1.165, 1.54) is 5.56 Å². The zero-order valence-electron chi connectivity index (χ0n) is 12.8. The van der Waals surface area contributed by atoms with Crippen molar-refractivity contribution in [3.63, 3.8) is 0 Å². The molecule has 2 aromatic carbocycles. The van der Waals surface area contributed by atoms with Crippen LogP contribution in [0, 0.1) is 6.92 Å². The highest BCUT2D eigenvalue weighted by atomic mass is 32.2. The lowest BCUT2D eigenvalue weighted by Gasteiger charge is -2.09. The molecule has 122 valence electrons. The third kappa shape index (κ3) is 3.50. The Bertz CT molecular complexity index is 894. The van der Waals surface area contributed by atoms with Gasteiger partial charge in [0.15, 0.2) is 6.54 Å². The minimum absolute atomic E-state index is 0. The van der Waals surface area contributed by atoms with E-state index in [0.29, 0.717) is 13.0 Å². The van der Waals surface area contributed by atoms with Crippen LogP contribution in [0.1, 0.15) is 12.0 Å². The maximum atomic E-state index is 10.9. The second kappa shape index (κ2) is 6.62. The Morgan fingerprint density at radius 3 is 1.91 bits per heavy atom. The Kier molecular flexibility index (Phi) is 4.99. The van der Waals surface area contributed by atoms with Gasteiger partial charge in [0, 0.05) is 29.3 Å². The van der Waals surface area contributed by atoms with Gasteiger partial charge in [0.05, 0.1) is 5.75 Å². The normalized spacial score (nSPS) is 11.6. The molecule has 1 heterocycles. The van der Waals surface area contributed by atoms with E-state index < -0.39 is 10.1 Å². The summed E-state index contributed by atoms with van der Waals surface area (Å²) in [5, 5.41) is 2.32. The molecule has 2 N–H and O–H groups in total. The van der Waals surface area contributed by atoms with Crippen molar-refractivity contribution in [3.05, 3.63) is 54.1 Å². The van der Waals surface area contributed by atoms with Gasteiger partial charge in [-0.15, -0.1) is 0 Å². The molecule has 0 saturated carbocycles. The van der Waals surface area contributed by atoms with Gasteiger partial charge in [-0.05, 0) is 24.6 Å². The summed E-state index contributed by atoms with van der Waals surface area (Å²) in [6.45, 7) is 2.65. The monoisotopic (exact) mass is 333 g/mol. The molecule has 0 saturated heterocycles. The molecule has 0 bridgehead atoms. The summed E-state index contributed by atoms with van der Waals surface area (Å²) in [6, 6.07) is 16.2. The van der Waals surface area contributed by atoms with E-state index >= 15 is 0 Å². The molecule has 23 heavy (non-hydrogen) atoms. The van der Waals surface area contributed by atoms with Crippen LogP contribution in [0.25, 0.3) is 21.8 Å². The molecule has 0 radical (unpaired) electrons. The van der Waals surface area contributed by atoms with E-state index in [0.717, 1.165) is 21.8 Å². The SMILES string of the molecule is Cc1c2ccccc2[n+](CCCS(=O)(=O)O)c2ccccc12.[OH-]. The second-order valence-corrected chi connectivity index (χ2v) is 7.02. The summed E-state index contributed by atoms with van der Waals surface area (Å²) in [5.74, 6) is -0.226. The van der Waals surface area contributed by atoms with E-state index in [9.17, 15) is 8.42 Å². The zero-order chi connectivity index (χ0) is 15.7. The van der Waals surface area contributed by atoms with Gasteiger partial charge in [-0.1, -0.05) is 24.3 Å². The Hall–Kier alpha value is -2.02. The molecule has 0 spiro atoms. The molecule has 0 atom stereocenters. The summed E-state index contributed by atoms with van der Waals surface area (Å²) in [5.41, 5.74) is 3.38. The van der Waals surface area contributed by atoms with Crippen LogP contribution in [-0.4, -0.2) is 24.2 Å². The van der Waals surface area contributed by atoms with Crippen molar-refractivity contribution in [1.82, 2.24) is 0 Å². The Balaban J connectivity index is 0.00000192. The van der Waals surface area contributed by atoms with Crippen molar-refractivity contribution in [2.45, 2.75) is 19.9 Å². The van der Waals surface area contributed by atoms with Crippen molar-refractivity contribution >= 4 is 31.9 Å². The van der Waals surface area contributed by atoms with Crippen LogP contribution in [-0.2, 0) is 16.7 Å². The van der Waals surface area contributed by atoms with Gasteiger partial charge in [0.2, 0.25) is 11.0 Å². The zero-order valence-corrected chi connectivity index (χ0v) is 13.6. The minimum atomic E-state index is -3.92. The second-order valence-electron chi connectivity index (χ2n) is 5.45. The topological polar surface area (TPSA) is 88.2 Å². The Labute approximate surface area is 135 Å². The predicted octanol–water partition coefficient (Wildman–Crippen LogP) is 2.69. The fraction of sp³-hybridized carbons (Fsp3) is 0.235. The number of para-hydroxylation sites is 2. The van der Waals surface area contributed by atoms with Gasteiger partial charge >= 0.3 is 0 Å². The lowest BCUT2D eigenvalue weighted by molar-refractivity contribution is -0.645. The van der Waals surface area contributed by atoms with Crippen LogP contribution < -0.4 is 4.57 Å². The summed E-state index contributed by atoms with van der Waals surface area (Å²) in [6.07, 6.45) is 0.376. The standard InChI is InChI=1S/C17H17NO3S.H2O/c1-13-14-7-2-4-9-16(14)18(11-6-12-22(19,20)21)17-10-5-3-8-15(13)17;/h2-5,7-10H,6,11-12H2,1H3;1H2. The van der Waals surface area contributed by atoms with E-state index in [2.05, 4.69) is 23.6 Å².